The third kappa shape index (κ3) is 5.41. The molecule has 0 radical (unpaired) electrons. The fraction of sp³-hybridized carbons (Fsp3) is 0.273. The van der Waals surface area contributed by atoms with E-state index in [0.717, 1.165) is 36.3 Å². The second-order valence-corrected chi connectivity index (χ2v) is 9.19. The van der Waals surface area contributed by atoms with Crippen LogP contribution >= 0.6 is 11.3 Å². The zero-order valence-corrected chi connectivity index (χ0v) is 18.7. The van der Waals surface area contributed by atoms with Gasteiger partial charge in [0.25, 0.3) is 0 Å². The number of carbonyl (C=O) groups excluding carboxylic acids is 1. The summed E-state index contributed by atoms with van der Waals surface area (Å²) in [5, 5.41) is 10.9. The maximum Gasteiger partial charge on any atom is 0.573 e. The molecule has 35 heavy (non-hydrogen) atoms. The van der Waals surface area contributed by atoms with E-state index in [1.165, 1.54) is 18.2 Å². The molecule has 0 saturated heterocycles. The van der Waals surface area contributed by atoms with Gasteiger partial charge in [-0.25, -0.2) is 9.37 Å². The minimum Gasteiger partial charge on any atom is -0.424 e. The van der Waals surface area contributed by atoms with Crippen LogP contribution in [0.15, 0.2) is 40.8 Å². The van der Waals surface area contributed by atoms with Crippen LogP contribution in [-0.2, 0) is 17.6 Å². The molecule has 0 atom stereocenters. The van der Waals surface area contributed by atoms with E-state index in [0.29, 0.717) is 10.5 Å². The Labute approximate surface area is 199 Å². The van der Waals surface area contributed by atoms with Gasteiger partial charge in [-0.15, -0.1) is 34.7 Å². The zero-order valence-electron chi connectivity index (χ0n) is 17.9. The number of nitrogens with zero attached hydrogens (tertiary/aromatic N) is 3. The smallest absolute Gasteiger partial charge is 0.424 e. The normalized spacial score (nSPS) is 14.8. The number of fused-ring (bicyclic) bond motifs is 1. The molecule has 0 aliphatic heterocycles. The van der Waals surface area contributed by atoms with Crippen molar-refractivity contribution in [3.63, 3.8) is 0 Å². The van der Waals surface area contributed by atoms with E-state index in [2.05, 4.69) is 25.2 Å². The Morgan fingerprint density at radius 2 is 1.97 bits per heavy atom. The molecule has 0 spiro atoms. The predicted octanol–water partition coefficient (Wildman–Crippen LogP) is 4.08. The second kappa shape index (κ2) is 8.57. The first-order valence-electron chi connectivity index (χ1n) is 10.4. The highest BCUT2D eigenvalue weighted by Crippen LogP contribution is 2.35. The van der Waals surface area contributed by atoms with Gasteiger partial charge in [0.2, 0.25) is 17.7 Å². The molecule has 1 amide bonds. The summed E-state index contributed by atoms with van der Waals surface area (Å²) in [5.41, 5.74) is 5.93. The predicted molar refractivity (Wildman–Crippen MR) is 117 cm³/mol. The third-order valence-corrected chi connectivity index (χ3v) is 6.28. The summed E-state index contributed by atoms with van der Waals surface area (Å²) in [6.07, 6.45) is -3.40. The zero-order chi connectivity index (χ0) is 24.8. The molecule has 1 aliphatic rings. The van der Waals surface area contributed by atoms with Crippen LogP contribution in [0.4, 0.5) is 17.6 Å². The molecule has 0 bridgehead atoms. The number of thiazole rings is 1. The van der Waals surface area contributed by atoms with E-state index >= 15 is 4.39 Å². The molecule has 1 fully saturated rings. The van der Waals surface area contributed by atoms with Crippen LogP contribution in [0.25, 0.3) is 21.3 Å². The summed E-state index contributed by atoms with van der Waals surface area (Å²) < 4.78 is 62.5. The van der Waals surface area contributed by atoms with Crippen LogP contribution in [-0.4, -0.2) is 33.1 Å². The number of ether oxygens (including phenoxy) is 1. The molecule has 2 heterocycles. The van der Waals surface area contributed by atoms with Gasteiger partial charge in [-0.2, -0.15) is 0 Å². The molecule has 0 unspecified atom stereocenters. The first kappa shape index (κ1) is 23.2. The van der Waals surface area contributed by atoms with Crippen molar-refractivity contribution >= 4 is 27.5 Å². The van der Waals surface area contributed by atoms with Crippen molar-refractivity contribution in [1.82, 2.24) is 20.5 Å². The van der Waals surface area contributed by atoms with Gasteiger partial charge in [0.05, 0.1) is 22.3 Å². The molecule has 4 aromatic rings. The van der Waals surface area contributed by atoms with Crippen molar-refractivity contribution in [3.8, 4) is 16.9 Å². The number of hydrogen-bond donors (Lipinski definition) is 2. The van der Waals surface area contributed by atoms with E-state index < -0.39 is 23.6 Å². The number of rotatable bonds is 7. The van der Waals surface area contributed by atoms with Crippen molar-refractivity contribution in [2.24, 2.45) is 5.73 Å². The number of hydrogen-bond acceptors (Lipinski definition) is 8. The molecule has 5 rings (SSSR count). The monoisotopic (exact) mass is 507 g/mol. The van der Waals surface area contributed by atoms with Crippen molar-refractivity contribution in [2.45, 2.75) is 37.7 Å². The number of benzene rings is 2. The Morgan fingerprint density at radius 3 is 2.71 bits per heavy atom. The lowest BCUT2D eigenvalue weighted by Crippen LogP contribution is -2.44. The summed E-state index contributed by atoms with van der Waals surface area (Å²) in [7, 11) is 0. The van der Waals surface area contributed by atoms with Crippen LogP contribution < -0.4 is 15.8 Å². The highest BCUT2D eigenvalue weighted by Gasteiger charge is 2.39. The molecule has 2 aromatic heterocycles. The van der Waals surface area contributed by atoms with E-state index in [1.807, 2.05) is 0 Å². The SMILES string of the molecule is NC1(NC(=O)Cc2nnc(Cc3nc4ccc(-c5cccc(OC(F)(F)F)c5)c(F)c4s3)o2)CC1. The van der Waals surface area contributed by atoms with Crippen LogP contribution in [0.1, 0.15) is 29.6 Å². The maximum atomic E-state index is 15.3. The van der Waals surface area contributed by atoms with Crippen LogP contribution in [0, 0.1) is 5.82 Å². The van der Waals surface area contributed by atoms with E-state index in [4.69, 9.17) is 10.2 Å². The standard InChI is InChI=1S/C22H17F4N5O3S/c23-19-13(11-2-1-3-12(8-11)34-22(24,25)26)4-5-14-20(19)35-18(28-14)10-17-31-30-16(33-17)9-15(32)29-21(27)6-7-21/h1-5,8H,6-7,9-10,27H2,(H,29,32). The summed E-state index contributed by atoms with van der Waals surface area (Å²) in [6, 6.07) is 8.12. The first-order valence-corrected chi connectivity index (χ1v) is 11.2. The number of halogens is 4. The number of nitrogens with one attached hydrogen (secondary N) is 1. The Hall–Kier alpha value is -3.58. The van der Waals surface area contributed by atoms with E-state index in [1.54, 1.807) is 6.07 Å². The maximum absolute atomic E-state index is 15.3. The Bertz CT molecular complexity index is 1410. The number of carbonyl (C=O) groups is 1. The van der Waals surface area contributed by atoms with Crippen molar-refractivity contribution in [2.75, 3.05) is 0 Å². The van der Waals surface area contributed by atoms with Gasteiger partial charge in [-0.3, -0.25) is 4.79 Å². The average Bonchev–Trinajstić information content (AvgIpc) is 3.15. The fourth-order valence-electron chi connectivity index (χ4n) is 3.44. The lowest BCUT2D eigenvalue weighted by molar-refractivity contribution is -0.274. The number of alkyl halides is 3. The highest BCUT2D eigenvalue weighted by atomic mass is 32.1. The molecule has 1 aliphatic carbocycles. The molecular formula is C22H17F4N5O3S. The molecule has 2 aromatic carbocycles. The largest absolute Gasteiger partial charge is 0.573 e. The fourth-order valence-corrected chi connectivity index (χ4v) is 4.44. The van der Waals surface area contributed by atoms with Gasteiger partial charge in [0.15, 0.2) is 0 Å². The summed E-state index contributed by atoms with van der Waals surface area (Å²) in [5.74, 6) is -1.05. The molecule has 3 N–H and O–H groups in total. The Balaban J connectivity index is 1.33. The van der Waals surface area contributed by atoms with Gasteiger partial charge >= 0.3 is 6.36 Å². The Morgan fingerprint density at radius 1 is 1.20 bits per heavy atom. The topological polar surface area (TPSA) is 116 Å². The van der Waals surface area contributed by atoms with Crippen molar-refractivity contribution in [3.05, 3.63) is 59.0 Å². The molecule has 182 valence electrons. The lowest BCUT2D eigenvalue weighted by Gasteiger charge is -2.10. The molecule has 13 heteroatoms. The van der Waals surface area contributed by atoms with Crippen LogP contribution in [0.5, 0.6) is 5.75 Å². The van der Waals surface area contributed by atoms with Gasteiger partial charge < -0.3 is 20.2 Å². The quantitative estimate of drug-likeness (QED) is 0.286. The summed E-state index contributed by atoms with van der Waals surface area (Å²) >= 11 is 1.06. The minimum atomic E-state index is -4.85. The van der Waals surface area contributed by atoms with Gasteiger partial charge in [-0.1, -0.05) is 12.1 Å². The van der Waals surface area contributed by atoms with Gasteiger partial charge in [0.1, 0.15) is 23.0 Å². The molecular weight excluding hydrogens is 490 g/mol. The van der Waals surface area contributed by atoms with Gasteiger partial charge in [-0.05, 0) is 42.7 Å². The molecule has 8 nitrogen and oxygen atoms in total. The number of amides is 1. The second-order valence-electron chi connectivity index (χ2n) is 8.11. The number of aromatic nitrogens is 3. The van der Waals surface area contributed by atoms with Crippen molar-refractivity contribution in [1.29, 1.82) is 0 Å². The van der Waals surface area contributed by atoms with Gasteiger partial charge in [0, 0.05) is 5.56 Å². The minimum absolute atomic E-state index is 0.110. The lowest BCUT2D eigenvalue weighted by atomic mass is 10.0. The summed E-state index contributed by atoms with van der Waals surface area (Å²) in [4.78, 5) is 16.4. The van der Waals surface area contributed by atoms with E-state index in [-0.39, 0.29) is 46.4 Å². The van der Waals surface area contributed by atoms with Crippen LogP contribution in [0.3, 0.4) is 0 Å². The third-order valence-electron chi connectivity index (χ3n) is 5.22. The molecule has 1 saturated carbocycles. The number of nitrogens with two attached hydrogens (primary N) is 1. The van der Waals surface area contributed by atoms with Crippen molar-refractivity contribution < 1.29 is 31.5 Å². The first-order chi connectivity index (χ1) is 16.6. The van der Waals surface area contributed by atoms with Crippen LogP contribution in [0.2, 0.25) is 0 Å². The highest BCUT2D eigenvalue weighted by molar-refractivity contribution is 7.18. The average molecular weight is 507 g/mol. The Kier molecular flexibility index (Phi) is 5.68. The summed E-state index contributed by atoms with van der Waals surface area (Å²) in [6.45, 7) is 0. The van der Waals surface area contributed by atoms with E-state index in [9.17, 15) is 18.0 Å².